The van der Waals surface area contributed by atoms with Gasteiger partial charge in [0, 0.05) is 25.8 Å². The van der Waals surface area contributed by atoms with Crippen molar-refractivity contribution in [3.8, 4) is 0 Å². The van der Waals surface area contributed by atoms with Gasteiger partial charge in [-0.2, -0.15) is 5.10 Å². The number of rotatable bonds is 2. The Morgan fingerprint density at radius 2 is 2.19 bits per heavy atom. The Labute approximate surface area is 121 Å². The second-order valence-electron chi connectivity index (χ2n) is 5.39. The van der Waals surface area contributed by atoms with Crippen LogP contribution < -0.4 is 0 Å². The highest BCUT2D eigenvalue weighted by Gasteiger charge is 2.32. The summed E-state index contributed by atoms with van der Waals surface area (Å²) in [4.78, 5) is 29.7. The molecule has 7 nitrogen and oxygen atoms in total. The molecule has 1 N–H and O–H groups in total. The van der Waals surface area contributed by atoms with E-state index in [9.17, 15) is 9.59 Å². The molecule has 2 aromatic heterocycles. The minimum absolute atomic E-state index is 0.151. The van der Waals surface area contributed by atoms with Crippen LogP contribution in [0.3, 0.4) is 0 Å². The lowest BCUT2D eigenvalue weighted by Gasteiger charge is -2.16. The van der Waals surface area contributed by atoms with Gasteiger partial charge < -0.3 is 10.0 Å². The fraction of sp³-hybridized carbons (Fsp3) is 0.429. The third-order valence-corrected chi connectivity index (χ3v) is 3.89. The Bertz CT molecular complexity index is 737. The molecule has 21 heavy (non-hydrogen) atoms. The summed E-state index contributed by atoms with van der Waals surface area (Å²) in [5.74, 6) is -1.47. The number of aromatic nitrogens is 3. The normalized spacial score (nSPS) is 18.4. The summed E-state index contributed by atoms with van der Waals surface area (Å²) in [7, 11) is 1.78. The monoisotopic (exact) mass is 288 g/mol. The smallest absolute Gasteiger partial charge is 0.308 e. The zero-order chi connectivity index (χ0) is 15.1. The van der Waals surface area contributed by atoms with Gasteiger partial charge in [0.1, 0.15) is 0 Å². The van der Waals surface area contributed by atoms with Gasteiger partial charge in [-0.3, -0.25) is 14.3 Å². The third-order valence-electron chi connectivity index (χ3n) is 3.89. The molecular formula is C14H16N4O3. The van der Waals surface area contributed by atoms with Crippen LogP contribution in [0, 0.1) is 12.8 Å². The zero-order valence-corrected chi connectivity index (χ0v) is 11.9. The maximum Gasteiger partial charge on any atom is 0.308 e. The van der Waals surface area contributed by atoms with E-state index in [0.29, 0.717) is 29.6 Å². The van der Waals surface area contributed by atoms with Crippen molar-refractivity contribution in [2.24, 2.45) is 13.0 Å². The highest BCUT2D eigenvalue weighted by atomic mass is 16.4. The molecule has 1 aliphatic heterocycles. The summed E-state index contributed by atoms with van der Waals surface area (Å²) in [5, 5.41) is 13.9. The molecule has 0 saturated carbocycles. The molecular weight excluding hydrogens is 272 g/mol. The summed E-state index contributed by atoms with van der Waals surface area (Å²) in [6.45, 7) is 2.56. The van der Waals surface area contributed by atoms with Crippen molar-refractivity contribution in [3.63, 3.8) is 0 Å². The molecule has 1 aliphatic rings. The predicted octanol–water partition coefficient (Wildman–Crippen LogP) is 0.823. The van der Waals surface area contributed by atoms with Gasteiger partial charge in [-0.15, -0.1) is 0 Å². The van der Waals surface area contributed by atoms with Crippen molar-refractivity contribution < 1.29 is 14.7 Å². The summed E-state index contributed by atoms with van der Waals surface area (Å²) in [5.41, 5.74) is 1.94. The largest absolute Gasteiger partial charge is 0.481 e. The topological polar surface area (TPSA) is 88.3 Å². The lowest BCUT2D eigenvalue weighted by atomic mass is 10.1. The van der Waals surface area contributed by atoms with Gasteiger partial charge >= 0.3 is 5.97 Å². The molecule has 3 heterocycles. The fourth-order valence-electron chi connectivity index (χ4n) is 2.73. The van der Waals surface area contributed by atoms with Crippen molar-refractivity contribution in [2.75, 3.05) is 13.1 Å². The van der Waals surface area contributed by atoms with Crippen molar-refractivity contribution in [3.05, 3.63) is 23.5 Å². The van der Waals surface area contributed by atoms with Crippen LogP contribution in [0.4, 0.5) is 0 Å². The summed E-state index contributed by atoms with van der Waals surface area (Å²) < 4.78 is 1.63. The lowest BCUT2D eigenvalue weighted by Crippen LogP contribution is -2.30. The number of pyridine rings is 1. The van der Waals surface area contributed by atoms with E-state index in [4.69, 9.17) is 5.11 Å². The molecule has 0 unspecified atom stereocenters. The molecule has 2 aromatic rings. The molecule has 1 saturated heterocycles. The van der Waals surface area contributed by atoms with Crippen LogP contribution in [0.25, 0.3) is 11.0 Å². The van der Waals surface area contributed by atoms with Gasteiger partial charge in [0.2, 0.25) is 0 Å². The van der Waals surface area contributed by atoms with Gasteiger partial charge in [0.05, 0.1) is 23.1 Å². The van der Waals surface area contributed by atoms with Crippen LogP contribution in [0.1, 0.15) is 22.5 Å². The average molecular weight is 288 g/mol. The van der Waals surface area contributed by atoms with Crippen LogP contribution >= 0.6 is 0 Å². The Balaban J connectivity index is 1.97. The van der Waals surface area contributed by atoms with E-state index in [0.717, 1.165) is 5.69 Å². The van der Waals surface area contributed by atoms with Gasteiger partial charge in [-0.1, -0.05) is 0 Å². The highest BCUT2D eigenvalue weighted by molar-refractivity contribution is 6.05. The second kappa shape index (κ2) is 4.83. The molecule has 1 atom stereocenters. The minimum Gasteiger partial charge on any atom is -0.481 e. The molecule has 0 aliphatic carbocycles. The van der Waals surface area contributed by atoms with E-state index < -0.39 is 11.9 Å². The number of carboxylic acid groups (broad SMARTS) is 1. The van der Waals surface area contributed by atoms with Crippen molar-refractivity contribution >= 4 is 22.9 Å². The summed E-state index contributed by atoms with van der Waals surface area (Å²) in [6, 6.07) is 1.74. The number of amides is 1. The van der Waals surface area contributed by atoms with E-state index in [2.05, 4.69) is 10.1 Å². The highest BCUT2D eigenvalue weighted by Crippen LogP contribution is 2.23. The first-order chi connectivity index (χ1) is 9.97. The standard InChI is InChI=1S/C14H16N4O3/c1-8-5-10(11-6-15-17(2)12(11)16-8)13(19)18-4-3-9(7-18)14(20)21/h5-6,9H,3-4,7H2,1-2H3,(H,20,21)/t9-/m0/s1. The summed E-state index contributed by atoms with van der Waals surface area (Å²) in [6.07, 6.45) is 2.13. The average Bonchev–Trinajstić information content (AvgIpc) is 3.05. The number of fused-ring (bicyclic) bond motifs is 1. The number of carboxylic acids is 1. The Morgan fingerprint density at radius 1 is 1.43 bits per heavy atom. The van der Waals surface area contributed by atoms with E-state index in [1.165, 1.54) is 0 Å². The van der Waals surface area contributed by atoms with Crippen LogP contribution in [0.5, 0.6) is 0 Å². The molecule has 0 aromatic carbocycles. The second-order valence-corrected chi connectivity index (χ2v) is 5.39. The number of hydrogen-bond acceptors (Lipinski definition) is 4. The van der Waals surface area contributed by atoms with E-state index >= 15 is 0 Å². The minimum atomic E-state index is -0.845. The number of likely N-dealkylation sites (tertiary alicyclic amines) is 1. The number of carbonyl (C=O) groups is 2. The number of aryl methyl sites for hydroxylation is 2. The Morgan fingerprint density at radius 3 is 2.86 bits per heavy atom. The maximum atomic E-state index is 12.7. The van der Waals surface area contributed by atoms with Crippen LogP contribution in [-0.4, -0.2) is 49.7 Å². The first-order valence-electron chi connectivity index (χ1n) is 6.79. The van der Waals surface area contributed by atoms with Crippen LogP contribution in [-0.2, 0) is 11.8 Å². The molecule has 3 rings (SSSR count). The number of nitrogens with zero attached hydrogens (tertiary/aromatic N) is 4. The molecule has 0 spiro atoms. The number of aliphatic carboxylic acids is 1. The molecule has 110 valence electrons. The van der Waals surface area contributed by atoms with Gasteiger partial charge in [-0.05, 0) is 19.4 Å². The summed E-state index contributed by atoms with van der Waals surface area (Å²) >= 11 is 0. The van der Waals surface area contributed by atoms with E-state index in [-0.39, 0.29) is 12.5 Å². The van der Waals surface area contributed by atoms with Crippen molar-refractivity contribution in [2.45, 2.75) is 13.3 Å². The molecule has 7 heteroatoms. The maximum absolute atomic E-state index is 12.7. The Kier molecular flexibility index (Phi) is 3.12. The zero-order valence-electron chi connectivity index (χ0n) is 11.9. The Hall–Kier alpha value is -2.44. The molecule has 1 fully saturated rings. The van der Waals surface area contributed by atoms with Crippen molar-refractivity contribution in [1.29, 1.82) is 0 Å². The molecule has 0 radical (unpaired) electrons. The van der Waals surface area contributed by atoms with Crippen LogP contribution in [0.15, 0.2) is 12.3 Å². The molecule has 0 bridgehead atoms. The van der Waals surface area contributed by atoms with Gasteiger partial charge in [0.15, 0.2) is 5.65 Å². The van der Waals surface area contributed by atoms with Gasteiger partial charge in [0.25, 0.3) is 5.91 Å². The van der Waals surface area contributed by atoms with E-state index in [1.54, 1.807) is 28.9 Å². The first kappa shape index (κ1) is 13.5. The van der Waals surface area contributed by atoms with Crippen molar-refractivity contribution in [1.82, 2.24) is 19.7 Å². The van der Waals surface area contributed by atoms with Crippen LogP contribution in [0.2, 0.25) is 0 Å². The SMILES string of the molecule is Cc1cc(C(=O)N2CC[C@H](C(=O)O)C2)c2cnn(C)c2n1. The van der Waals surface area contributed by atoms with Gasteiger partial charge in [-0.25, -0.2) is 4.98 Å². The third kappa shape index (κ3) is 2.24. The lowest BCUT2D eigenvalue weighted by molar-refractivity contribution is -0.141. The predicted molar refractivity (Wildman–Crippen MR) is 74.9 cm³/mol. The quantitative estimate of drug-likeness (QED) is 0.884. The number of hydrogen-bond donors (Lipinski definition) is 1. The molecule has 1 amide bonds. The van der Waals surface area contributed by atoms with E-state index in [1.807, 2.05) is 6.92 Å². The number of carbonyl (C=O) groups excluding carboxylic acids is 1. The first-order valence-corrected chi connectivity index (χ1v) is 6.79. The fourth-order valence-corrected chi connectivity index (χ4v) is 2.73.